The molecule has 1 saturated heterocycles. The lowest BCUT2D eigenvalue weighted by molar-refractivity contribution is 0.341. The highest BCUT2D eigenvalue weighted by atomic mass is 79.9. The number of likely N-dealkylation sites (tertiary alicyclic amines) is 1. The van der Waals surface area contributed by atoms with Crippen molar-refractivity contribution in [3.05, 3.63) is 33.8 Å². The van der Waals surface area contributed by atoms with Gasteiger partial charge in [-0.1, -0.05) is 0 Å². The molecule has 0 atom stereocenters. The Hall–Kier alpha value is -0.970. The molecule has 1 aliphatic rings. The van der Waals surface area contributed by atoms with E-state index < -0.39 is 11.6 Å². The normalized spacial score (nSPS) is 16.1. The molecule has 5 heteroatoms. The Bertz CT molecular complexity index is 442. The molecular formula is C12H13BrF2N2. The summed E-state index contributed by atoms with van der Waals surface area (Å²) < 4.78 is 26.4. The fourth-order valence-corrected chi connectivity index (χ4v) is 2.51. The van der Waals surface area contributed by atoms with Gasteiger partial charge in [0.2, 0.25) is 0 Å². The van der Waals surface area contributed by atoms with Crippen LogP contribution >= 0.6 is 15.9 Å². The molecule has 1 aliphatic heterocycles. The van der Waals surface area contributed by atoms with E-state index in [1.165, 1.54) is 12.5 Å². The van der Waals surface area contributed by atoms with Crippen LogP contribution in [-0.2, 0) is 0 Å². The maximum absolute atomic E-state index is 13.4. The highest BCUT2D eigenvalue weighted by molar-refractivity contribution is 9.10. The molecule has 1 fully saturated rings. The third-order valence-corrected chi connectivity index (χ3v) is 3.74. The van der Waals surface area contributed by atoms with E-state index in [4.69, 9.17) is 5.41 Å². The van der Waals surface area contributed by atoms with E-state index in [2.05, 4.69) is 15.9 Å². The van der Waals surface area contributed by atoms with Crippen LogP contribution in [0.5, 0.6) is 0 Å². The first kappa shape index (κ1) is 12.5. The largest absolute Gasteiger partial charge is 0.357 e. The van der Waals surface area contributed by atoms with E-state index in [1.54, 1.807) is 0 Å². The van der Waals surface area contributed by atoms with Gasteiger partial charge >= 0.3 is 0 Å². The molecule has 0 bridgehead atoms. The highest BCUT2D eigenvalue weighted by Crippen LogP contribution is 2.25. The Morgan fingerprint density at radius 1 is 1.18 bits per heavy atom. The quantitative estimate of drug-likeness (QED) is 0.479. The van der Waals surface area contributed by atoms with Crippen LogP contribution in [0.4, 0.5) is 8.78 Å². The van der Waals surface area contributed by atoms with Gasteiger partial charge in [0.25, 0.3) is 0 Å². The van der Waals surface area contributed by atoms with Gasteiger partial charge in [0.1, 0.15) is 5.84 Å². The molecule has 0 aliphatic carbocycles. The smallest absolute Gasteiger partial charge is 0.173 e. The Balaban J connectivity index is 2.27. The zero-order valence-corrected chi connectivity index (χ0v) is 10.9. The molecule has 1 heterocycles. The number of hydrogen-bond acceptors (Lipinski definition) is 1. The van der Waals surface area contributed by atoms with Crippen LogP contribution in [0.15, 0.2) is 16.6 Å². The van der Waals surface area contributed by atoms with Crippen LogP contribution < -0.4 is 0 Å². The number of benzene rings is 1. The third-order valence-electron chi connectivity index (χ3n) is 2.96. The average molecular weight is 303 g/mol. The van der Waals surface area contributed by atoms with Gasteiger partial charge in [-0.25, -0.2) is 8.78 Å². The molecule has 0 unspecified atom stereocenters. The van der Waals surface area contributed by atoms with Gasteiger partial charge in [0, 0.05) is 18.7 Å². The molecule has 0 spiro atoms. The fourth-order valence-electron chi connectivity index (χ4n) is 2.00. The second-order valence-electron chi connectivity index (χ2n) is 4.12. The first-order valence-corrected chi connectivity index (χ1v) is 6.38. The average Bonchev–Trinajstić information content (AvgIpc) is 2.36. The van der Waals surface area contributed by atoms with Gasteiger partial charge in [0.15, 0.2) is 11.6 Å². The summed E-state index contributed by atoms with van der Waals surface area (Å²) >= 11 is 3.02. The lowest BCUT2D eigenvalue weighted by Gasteiger charge is -2.29. The van der Waals surface area contributed by atoms with Crippen molar-refractivity contribution >= 4 is 21.8 Å². The summed E-state index contributed by atoms with van der Waals surface area (Å²) in [6.07, 6.45) is 3.26. The number of rotatable bonds is 1. The maximum Gasteiger partial charge on any atom is 0.173 e. The van der Waals surface area contributed by atoms with Gasteiger partial charge in [-0.05, 0) is 47.3 Å². The Morgan fingerprint density at radius 2 is 1.82 bits per heavy atom. The van der Waals surface area contributed by atoms with E-state index in [0.717, 1.165) is 32.0 Å². The first-order valence-electron chi connectivity index (χ1n) is 5.58. The maximum atomic E-state index is 13.4. The Labute approximate surface area is 107 Å². The molecule has 1 aromatic carbocycles. The number of halogens is 3. The van der Waals surface area contributed by atoms with Crippen LogP contribution in [0.25, 0.3) is 0 Å². The number of piperidine rings is 1. The van der Waals surface area contributed by atoms with E-state index >= 15 is 0 Å². The molecule has 17 heavy (non-hydrogen) atoms. The van der Waals surface area contributed by atoms with Crippen LogP contribution in [0.2, 0.25) is 0 Å². The number of hydrogen-bond donors (Lipinski definition) is 1. The summed E-state index contributed by atoms with van der Waals surface area (Å²) in [6.45, 7) is 1.62. The minimum absolute atomic E-state index is 0.0353. The first-order chi connectivity index (χ1) is 8.11. The molecule has 92 valence electrons. The molecule has 0 aromatic heterocycles. The van der Waals surface area contributed by atoms with Crippen molar-refractivity contribution in [2.45, 2.75) is 19.3 Å². The van der Waals surface area contributed by atoms with E-state index in [1.807, 2.05) is 4.90 Å². The SMILES string of the molecule is N=C(c1ccc(F)c(F)c1Br)N1CCCCC1. The van der Waals surface area contributed by atoms with Crippen molar-refractivity contribution < 1.29 is 8.78 Å². The molecule has 1 aromatic rings. The van der Waals surface area contributed by atoms with Gasteiger partial charge < -0.3 is 4.90 Å². The van der Waals surface area contributed by atoms with Crippen LogP contribution in [0.1, 0.15) is 24.8 Å². The minimum atomic E-state index is -0.927. The lowest BCUT2D eigenvalue weighted by atomic mass is 10.1. The van der Waals surface area contributed by atoms with Crippen molar-refractivity contribution in [2.75, 3.05) is 13.1 Å². The second kappa shape index (κ2) is 5.12. The van der Waals surface area contributed by atoms with Crippen LogP contribution in [-0.4, -0.2) is 23.8 Å². The lowest BCUT2D eigenvalue weighted by Crippen LogP contribution is -2.35. The van der Waals surface area contributed by atoms with Crippen molar-refractivity contribution in [1.82, 2.24) is 4.90 Å². The van der Waals surface area contributed by atoms with E-state index in [9.17, 15) is 8.78 Å². The predicted molar refractivity (Wildman–Crippen MR) is 66.3 cm³/mol. The predicted octanol–water partition coefficient (Wildman–Crippen LogP) is 3.54. The van der Waals surface area contributed by atoms with Crippen molar-refractivity contribution in [3.8, 4) is 0 Å². The summed E-state index contributed by atoms with van der Waals surface area (Å²) in [5, 5.41) is 8.04. The number of amidine groups is 1. The molecule has 0 radical (unpaired) electrons. The van der Waals surface area contributed by atoms with E-state index in [-0.39, 0.29) is 10.3 Å². The molecule has 2 rings (SSSR count). The monoisotopic (exact) mass is 302 g/mol. The minimum Gasteiger partial charge on any atom is -0.357 e. The molecular weight excluding hydrogens is 290 g/mol. The van der Waals surface area contributed by atoms with Gasteiger partial charge in [-0.3, -0.25) is 5.41 Å². The van der Waals surface area contributed by atoms with Crippen molar-refractivity contribution in [2.24, 2.45) is 0 Å². The van der Waals surface area contributed by atoms with Gasteiger partial charge in [0.05, 0.1) is 4.47 Å². The molecule has 0 amide bonds. The summed E-state index contributed by atoms with van der Waals surface area (Å²) in [7, 11) is 0. The zero-order chi connectivity index (χ0) is 12.4. The van der Waals surface area contributed by atoms with Crippen molar-refractivity contribution in [1.29, 1.82) is 5.41 Å². The summed E-state index contributed by atoms with van der Waals surface area (Å²) in [5.74, 6) is -1.56. The van der Waals surface area contributed by atoms with Crippen LogP contribution in [0.3, 0.4) is 0 Å². The number of nitrogens with zero attached hydrogens (tertiary/aromatic N) is 1. The molecule has 2 nitrogen and oxygen atoms in total. The second-order valence-corrected chi connectivity index (χ2v) is 4.91. The Morgan fingerprint density at radius 3 is 2.47 bits per heavy atom. The molecule has 0 saturated carbocycles. The standard InChI is InChI=1S/C12H13BrF2N2/c13-10-8(4-5-9(14)11(10)15)12(16)17-6-2-1-3-7-17/h4-5,16H,1-3,6-7H2. The topological polar surface area (TPSA) is 27.1 Å². The van der Waals surface area contributed by atoms with Gasteiger partial charge in [-0.2, -0.15) is 0 Å². The van der Waals surface area contributed by atoms with Gasteiger partial charge in [-0.15, -0.1) is 0 Å². The van der Waals surface area contributed by atoms with E-state index in [0.29, 0.717) is 5.56 Å². The summed E-state index contributed by atoms with van der Waals surface area (Å²) in [4.78, 5) is 1.90. The van der Waals surface area contributed by atoms with Crippen molar-refractivity contribution in [3.63, 3.8) is 0 Å². The fraction of sp³-hybridized carbons (Fsp3) is 0.417. The van der Waals surface area contributed by atoms with Crippen LogP contribution in [0, 0.1) is 17.0 Å². The highest BCUT2D eigenvalue weighted by Gasteiger charge is 2.20. The zero-order valence-electron chi connectivity index (χ0n) is 9.27. The number of nitrogens with one attached hydrogen (secondary N) is 1. The molecule has 1 N–H and O–H groups in total. The third kappa shape index (κ3) is 2.49. The summed E-state index contributed by atoms with van der Waals surface area (Å²) in [5.41, 5.74) is 0.408. The summed E-state index contributed by atoms with van der Waals surface area (Å²) in [6, 6.07) is 2.51. The Kier molecular flexibility index (Phi) is 3.76.